The molecule has 1 saturated carbocycles. The van der Waals surface area contributed by atoms with Crippen LogP contribution in [0.15, 0.2) is 84.1 Å². The third-order valence-corrected chi connectivity index (χ3v) is 11.7. The number of hydrogen-bond acceptors (Lipinski definition) is 8. The molecular formula is C45H55ClN6O6. The third-order valence-electron chi connectivity index (χ3n) is 11.4. The normalized spacial score (nSPS) is 21.0. The Morgan fingerprint density at radius 2 is 1.67 bits per heavy atom. The summed E-state index contributed by atoms with van der Waals surface area (Å²) in [6.07, 6.45) is 8.30. The lowest BCUT2D eigenvalue weighted by atomic mass is 9.84. The van der Waals surface area contributed by atoms with Crippen LogP contribution in [0.1, 0.15) is 115 Å². The average molecular weight is 811 g/mol. The minimum atomic E-state index is -1.18. The molecule has 1 aliphatic carbocycles. The van der Waals surface area contributed by atoms with Crippen LogP contribution in [0.4, 0.5) is 0 Å². The van der Waals surface area contributed by atoms with Crippen molar-refractivity contribution in [1.82, 2.24) is 25.8 Å². The van der Waals surface area contributed by atoms with Gasteiger partial charge < -0.3 is 25.7 Å². The van der Waals surface area contributed by atoms with Gasteiger partial charge in [0.05, 0.1) is 30.0 Å². The maximum atomic E-state index is 14.8. The van der Waals surface area contributed by atoms with Gasteiger partial charge in [-0.25, -0.2) is 0 Å². The van der Waals surface area contributed by atoms with Crippen LogP contribution in [-0.4, -0.2) is 75.3 Å². The van der Waals surface area contributed by atoms with Crippen LogP contribution >= 0.6 is 11.6 Å². The smallest absolute Gasteiger partial charge is 0.290 e. The van der Waals surface area contributed by atoms with Gasteiger partial charge in [0.2, 0.25) is 23.5 Å². The van der Waals surface area contributed by atoms with E-state index in [0.717, 1.165) is 36.8 Å². The molecule has 4 amide bonds. The zero-order valence-corrected chi connectivity index (χ0v) is 34.6. The number of Topliss-reactive ketones (excluding diaryl/α,β-unsaturated/α-hetero) is 1. The lowest BCUT2D eigenvalue weighted by Gasteiger charge is -2.36. The Morgan fingerprint density at radius 3 is 2.34 bits per heavy atom. The van der Waals surface area contributed by atoms with E-state index in [1.165, 1.54) is 11.3 Å². The van der Waals surface area contributed by atoms with Gasteiger partial charge in [0.25, 0.3) is 5.91 Å². The number of oxime groups is 1. The molecule has 308 valence electrons. The molecule has 1 saturated heterocycles. The standard InChI is InChI=1S/C45H55ClN6O6/c1-5-15-34(39(54)42(56)50-38(30-18-10-7-11-19-30)33-22-12-13-23-47-33)48-41(55)36-27-45(26-35(51-58-45)31-20-14-21-32(46)25-31)28-52(36)43(57)40(44(2,3)4)49-37(53)24-29-16-8-6-9-17-29/h7,10-14,18-23,25,29,34,36,38,40H,5-6,8-9,15-17,24,26-28H2,1-4H3,(H,48,55)(H,49,53)(H,50,56)/t34-,36-,38?,40+,45+/m0/s1. The van der Waals surface area contributed by atoms with E-state index in [-0.39, 0.29) is 31.2 Å². The highest BCUT2D eigenvalue weighted by atomic mass is 35.5. The predicted octanol–water partition coefficient (Wildman–Crippen LogP) is 6.46. The number of hydrogen-bond donors (Lipinski definition) is 3. The highest BCUT2D eigenvalue weighted by molar-refractivity contribution is 6.38. The van der Waals surface area contributed by atoms with Crippen molar-refractivity contribution < 1.29 is 28.8 Å². The summed E-state index contributed by atoms with van der Waals surface area (Å²) in [5, 5.41) is 13.7. The monoisotopic (exact) mass is 810 g/mol. The number of benzene rings is 2. The quantitative estimate of drug-likeness (QED) is 0.158. The van der Waals surface area contributed by atoms with Crippen LogP contribution in [0.5, 0.6) is 0 Å². The largest absolute Gasteiger partial charge is 0.387 e. The van der Waals surface area contributed by atoms with E-state index in [1.54, 1.807) is 36.5 Å². The van der Waals surface area contributed by atoms with Crippen molar-refractivity contribution >= 4 is 46.7 Å². The van der Waals surface area contributed by atoms with Gasteiger partial charge in [-0.3, -0.25) is 29.0 Å². The molecule has 3 heterocycles. The fourth-order valence-corrected chi connectivity index (χ4v) is 8.54. The second-order valence-electron chi connectivity index (χ2n) is 17.0. The van der Waals surface area contributed by atoms with Crippen molar-refractivity contribution in [2.75, 3.05) is 6.54 Å². The molecule has 2 fully saturated rings. The summed E-state index contributed by atoms with van der Waals surface area (Å²) < 4.78 is 0. The number of pyridine rings is 1. The summed E-state index contributed by atoms with van der Waals surface area (Å²) in [5.41, 5.74) is 0.899. The number of rotatable bonds is 14. The number of nitrogens with one attached hydrogen (secondary N) is 3. The predicted molar refractivity (Wildman–Crippen MR) is 222 cm³/mol. The van der Waals surface area contributed by atoms with Crippen LogP contribution in [-0.2, 0) is 28.8 Å². The van der Waals surface area contributed by atoms with Crippen LogP contribution in [0, 0.1) is 11.3 Å². The maximum absolute atomic E-state index is 14.8. The fourth-order valence-electron chi connectivity index (χ4n) is 8.35. The van der Waals surface area contributed by atoms with Gasteiger partial charge >= 0.3 is 0 Å². The van der Waals surface area contributed by atoms with E-state index in [2.05, 4.69) is 26.1 Å². The number of aromatic nitrogens is 1. The molecule has 2 aromatic carbocycles. The molecule has 12 nitrogen and oxygen atoms in total. The first-order valence-corrected chi connectivity index (χ1v) is 20.9. The average Bonchev–Trinajstić information content (AvgIpc) is 3.82. The molecule has 1 unspecified atom stereocenters. The number of carbonyl (C=O) groups is 5. The van der Waals surface area contributed by atoms with Gasteiger partial charge in [0.15, 0.2) is 5.60 Å². The molecule has 3 aliphatic rings. The Kier molecular flexibility index (Phi) is 13.7. The molecule has 5 atom stereocenters. The number of halogens is 1. The van der Waals surface area contributed by atoms with Crippen molar-refractivity contribution in [2.45, 2.75) is 122 Å². The van der Waals surface area contributed by atoms with E-state index < -0.39 is 58.7 Å². The molecular weight excluding hydrogens is 756 g/mol. The molecule has 13 heteroatoms. The maximum Gasteiger partial charge on any atom is 0.290 e. The third kappa shape index (κ3) is 10.3. The second-order valence-corrected chi connectivity index (χ2v) is 17.5. The first-order chi connectivity index (χ1) is 27.8. The molecule has 3 aromatic rings. The Balaban J connectivity index is 1.24. The Labute approximate surface area is 345 Å². The second kappa shape index (κ2) is 18.7. The molecule has 58 heavy (non-hydrogen) atoms. The van der Waals surface area contributed by atoms with Crippen molar-refractivity contribution in [2.24, 2.45) is 16.5 Å². The Bertz CT molecular complexity index is 1940. The zero-order valence-electron chi connectivity index (χ0n) is 33.8. The summed E-state index contributed by atoms with van der Waals surface area (Å²) >= 11 is 6.30. The molecule has 1 spiro atoms. The molecule has 0 radical (unpaired) electrons. The number of carbonyl (C=O) groups excluding carboxylic acids is 5. The van der Waals surface area contributed by atoms with Gasteiger partial charge in [-0.2, -0.15) is 0 Å². The van der Waals surface area contributed by atoms with Gasteiger partial charge in [-0.1, -0.05) is 119 Å². The van der Waals surface area contributed by atoms with Crippen LogP contribution in [0.3, 0.4) is 0 Å². The van der Waals surface area contributed by atoms with Gasteiger partial charge in [-0.05, 0) is 60.4 Å². The van der Waals surface area contributed by atoms with Crippen molar-refractivity contribution in [3.05, 3.63) is 101 Å². The van der Waals surface area contributed by atoms with E-state index in [0.29, 0.717) is 35.7 Å². The van der Waals surface area contributed by atoms with E-state index >= 15 is 0 Å². The highest BCUT2D eigenvalue weighted by Crippen LogP contribution is 2.40. The molecule has 6 rings (SSSR count). The minimum absolute atomic E-state index is 0.0122. The molecule has 1 aromatic heterocycles. The summed E-state index contributed by atoms with van der Waals surface area (Å²) in [7, 11) is 0. The minimum Gasteiger partial charge on any atom is -0.387 e. The van der Waals surface area contributed by atoms with E-state index in [4.69, 9.17) is 16.4 Å². The highest BCUT2D eigenvalue weighted by Gasteiger charge is 2.55. The van der Waals surface area contributed by atoms with Crippen LogP contribution in [0.2, 0.25) is 5.02 Å². The fraction of sp³-hybridized carbons (Fsp3) is 0.489. The topological polar surface area (TPSA) is 159 Å². The first kappa shape index (κ1) is 42.5. The van der Waals surface area contributed by atoms with E-state index in [9.17, 15) is 24.0 Å². The van der Waals surface area contributed by atoms with Crippen molar-refractivity contribution in [3.63, 3.8) is 0 Å². The molecule has 2 aliphatic heterocycles. The number of ketones is 1. The van der Waals surface area contributed by atoms with Gasteiger partial charge in [0.1, 0.15) is 12.1 Å². The summed E-state index contributed by atoms with van der Waals surface area (Å²) in [5.74, 6) is -2.65. The van der Waals surface area contributed by atoms with Crippen LogP contribution < -0.4 is 16.0 Å². The van der Waals surface area contributed by atoms with E-state index in [1.807, 2.05) is 70.2 Å². The Hall–Kier alpha value is -5.10. The SMILES string of the molecule is CCC[C@H](NC(=O)[C@@H]1C[C@]2(CC(c3cccc(Cl)c3)=NO2)CN1C(=O)[C@@H](NC(=O)CC1CCCCC1)C(C)(C)C)C(=O)C(=O)NC(c1ccccc1)c1ccccn1. The number of nitrogens with zero attached hydrogens (tertiary/aromatic N) is 3. The summed E-state index contributed by atoms with van der Waals surface area (Å²) in [6, 6.07) is 17.8. The van der Waals surface area contributed by atoms with Gasteiger partial charge in [0, 0.05) is 36.0 Å². The summed E-state index contributed by atoms with van der Waals surface area (Å²) in [6.45, 7) is 7.51. The zero-order chi connectivity index (χ0) is 41.5. The Morgan fingerprint density at radius 1 is 0.931 bits per heavy atom. The van der Waals surface area contributed by atoms with Crippen molar-refractivity contribution in [3.8, 4) is 0 Å². The number of amides is 4. The lowest BCUT2D eigenvalue weighted by molar-refractivity contribution is -0.145. The summed E-state index contributed by atoms with van der Waals surface area (Å²) in [4.78, 5) is 82.6. The molecule has 0 bridgehead atoms. The number of likely N-dealkylation sites (tertiary alicyclic amines) is 1. The van der Waals surface area contributed by atoms with Crippen molar-refractivity contribution in [1.29, 1.82) is 0 Å². The van der Waals surface area contributed by atoms with Gasteiger partial charge in [-0.15, -0.1) is 0 Å². The molecule has 3 N–H and O–H groups in total. The lowest BCUT2D eigenvalue weighted by Crippen LogP contribution is -2.59. The van der Waals surface area contributed by atoms with Crippen LogP contribution in [0.25, 0.3) is 0 Å². The first-order valence-electron chi connectivity index (χ1n) is 20.5.